The second-order valence-corrected chi connectivity index (χ2v) is 4.75. The van der Waals surface area contributed by atoms with E-state index in [2.05, 4.69) is 29.1 Å². The monoisotopic (exact) mass is 221 g/mol. The molecule has 1 aliphatic carbocycles. The molecule has 0 atom stereocenters. The molecule has 1 saturated carbocycles. The molecule has 0 aromatic carbocycles. The summed E-state index contributed by atoms with van der Waals surface area (Å²) >= 11 is 0. The van der Waals surface area contributed by atoms with Crippen LogP contribution in [0.3, 0.4) is 0 Å². The third-order valence-corrected chi connectivity index (χ3v) is 2.90. The molecule has 0 aliphatic heterocycles. The highest BCUT2D eigenvalue weighted by molar-refractivity contribution is 5.37. The van der Waals surface area contributed by atoms with Crippen molar-refractivity contribution in [3.05, 3.63) is 12.4 Å². The zero-order chi connectivity index (χ0) is 11.4. The van der Waals surface area contributed by atoms with Gasteiger partial charge in [0.25, 0.3) is 0 Å². The van der Waals surface area contributed by atoms with Crippen LogP contribution in [0.2, 0.25) is 0 Å². The summed E-state index contributed by atoms with van der Waals surface area (Å²) in [4.78, 5) is 8.24. The molecule has 1 aromatic heterocycles. The second-order valence-electron chi connectivity index (χ2n) is 4.75. The topological polar surface area (TPSA) is 47.0 Å². The maximum Gasteiger partial charge on any atom is 0.218 e. The van der Waals surface area contributed by atoms with Gasteiger partial charge >= 0.3 is 0 Å². The Bertz CT molecular complexity index is 350. The van der Waals surface area contributed by atoms with E-state index in [0.29, 0.717) is 17.9 Å². The number of rotatable bonds is 6. The van der Waals surface area contributed by atoms with E-state index >= 15 is 0 Å². The minimum absolute atomic E-state index is 0.482. The van der Waals surface area contributed by atoms with Crippen LogP contribution in [0.25, 0.3) is 0 Å². The smallest absolute Gasteiger partial charge is 0.218 e. The first-order valence-corrected chi connectivity index (χ1v) is 5.91. The predicted octanol–water partition coefficient (Wildman–Crippen LogP) is 2.48. The van der Waals surface area contributed by atoms with Crippen LogP contribution in [-0.2, 0) is 0 Å². The van der Waals surface area contributed by atoms with Crippen molar-refractivity contribution >= 4 is 5.82 Å². The fourth-order valence-corrected chi connectivity index (χ4v) is 1.42. The van der Waals surface area contributed by atoms with E-state index in [0.717, 1.165) is 18.8 Å². The van der Waals surface area contributed by atoms with E-state index < -0.39 is 0 Å². The lowest BCUT2D eigenvalue weighted by Gasteiger charge is -2.11. The fourth-order valence-electron chi connectivity index (χ4n) is 1.42. The first kappa shape index (κ1) is 11.2. The molecule has 0 spiro atoms. The zero-order valence-electron chi connectivity index (χ0n) is 9.99. The van der Waals surface area contributed by atoms with E-state index in [9.17, 15) is 0 Å². The lowest BCUT2D eigenvalue weighted by Crippen LogP contribution is -2.12. The van der Waals surface area contributed by atoms with Crippen LogP contribution in [0, 0.1) is 5.41 Å². The predicted molar refractivity (Wildman–Crippen MR) is 63.6 cm³/mol. The maximum atomic E-state index is 5.45. The molecule has 1 aromatic rings. The third-order valence-electron chi connectivity index (χ3n) is 2.90. The second kappa shape index (κ2) is 4.68. The molecule has 0 radical (unpaired) electrons. The highest BCUT2D eigenvalue weighted by atomic mass is 16.5. The van der Waals surface area contributed by atoms with Gasteiger partial charge in [-0.3, -0.25) is 0 Å². The summed E-state index contributed by atoms with van der Waals surface area (Å²) in [5.41, 5.74) is 0.482. The molecule has 2 rings (SSSR count). The fraction of sp³-hybridized carbons (Fsp3) is 0.667. The Morgan fingerprint density at radius 2 is 2.25 bits per heavy atom. The molecule has 1 aliphatic rings. The molecule has 0 saturated heterocycles. The van der Waals surface area contributed by atoms with Gasteiger partial charge in [0.15, 0.2) is 0 Å². The summed E-state index contributed by atoms with van der Waals surface area (Å²) in [6.07, 6.45) is 5.15. The van der Waals surface area contributed by atoms with Gasteiger partial charge < -0.3 is 10.1 Å². The Morgan fingerprint density at radius 3 is 2.94 bits per heavy atom. The number of nitrogens with zero attached hydrogens (tertiary/aromatic N) is 2. The van der Waals surface area contributed by atoms with Crippen molar-refractivity contribution in [1.29, 1.82) is 0 Å². The van der Waals surface area contributed by atoms with Gasteiger partial charge in [-0.2, -0.15) is 0 Å². The van der Waals surface area contributed by atoms with Gasteiger partial charge in [-0.25, -0.2) is 9.97 Å². The van der Waals surface area contributed by atoms with Crippen LogP contribution in [0.1, 0.15) is 33.1 Å². The van der Waals surface area contributed by atoms with Crippen LogP contribution in [-0.4, -0.2) is 23.1 Å². The lowest BCUT2D eigenvalue weighted by atomic mass is 10.1. The van der Waals surface area contributed by atoms with Crippen molar-refractivity contribution in [3.63, 3.8) is 0 Å². The highest BCUT2D eigenvalue weighted by Gasteiger charge is 2.36. The summed E-state index contributed by atoms with van der Waals surface area (Å²) in [6, 6.07) is 1.86. The van der Waals surface area contributed by atoms with Gasteiger partial charge in [0.1, 0.15) is 12.1 Å². The molecule has 1 heterocycles. The van der Waals surface area contributed by atoms with Gasteiger partial charge in [0.2, 0.25) is 5.88 Å². The largest absolute Gasteiger partial charge is 0.478 e. The van der Waals surface area contributed by atoms with Gasteiger partial charge in [-0.15, -0.1) is 0 Å². The lowest BCUT2D eigenvalue weighted by molar-refractivity contribution is 0.305. The Balaban J connectivity index is 1.88. The summed E-state index contributed by atoms with van der Waals surface area (Å²) in [5, 5.41) is 3.33. The highest BCUT2D eigenvalue weighted by Crippen LogP contribution is 2.44. The Kier molecular flexibility index (Phi) is 3.27. The van der Waals surface area contributed by atoms with Gasteiger partial charge in [0, 0.05) is 12.6 Å². The van der Waals surface area contributed by atoms with E-state index in [1.54, 1.807) is 6.33 Å². The first-order valence-electron chi connectivity index (χ1n) is 5.91. The van der Waals surface area contributed by atoms with Gasteiger partial charge in [0.05, 0.1) is 6.61 Å². The number of hydrogen-bond acceptors (Lipinski definition) is 4. The molecule has 1 fully saturated rings. The van der Waals surface area contributed by atoms with Crippen molar-refractivity contribution in [1.82, 2.24) is 9.97 Å². The van der Waals surface area contributed by atoms with Crippen molar-refractivity contribution < 1.29 is 4.74 Å². The minimum atomic E-state index is 0.482. The van der Waals surface area contributed by atoms with Crippen LogP contribution in [0.15, 0.2) is 12.4 Å². The Morgan fingerprint density at radius 1 is 1.44 bits per heavy atom. The van der Waals surface area contributed by atoms with E-state index in [4.69, 9.17) is 4.74 Å². The molecular weight excluding hydrogens is 202 g/mol. The number of hydrogen-bond donors (Lipinski definition) is 1. The van der Waals surface area contributed by atoms with Crippen molar-refractivity contribution in [3.8, 4) is 5.88 Å². The molecule has 88 valence electrons. The number of anilines is 1. The van der Waals surface area contributed by atoms with E-state index in [1.165, 1.54) is 12.8 Å². The van der Waals surface area contributed by atoms with Crippen LogP contribution >= 0.6 is 0 Å². The summed E-state index contributed by atoms with van der Waals surface area (Å²) in [6.45, 7) is 6.05. The summed E-state index contributed by atoms with van der Waals surface area (Å²) in [5.74, 6) is 1.51. The molecule has 4 nitrogen and oxygen atoms in total. The van der Waals surface area contributed by atoms with Crippen LogP contribution in [0.4, 0.5) is 5.82 Å². The van der Waals surface area contributed by atoms with Gasteiger partial charge in [-0.1, -0.05) is 13.8 Å². The van der Waals surface area contributed by atoms with Crippen LogP contribution in [0.5, 0.6) is 5.88 Å². The summed E-state index contributed by atoms with van der Waals surface area (Å²) < 4.78 is 5.45. The van der Waals surface area contributed by atoms with Crippen LogP contribution < -0.4 is 10.1 Å². The minimum Gasteiger partial charge on any atom is -0.478 e. The number of ether oxygens (including phenoxy) is 1. The SMILES string of the molecule is CCCOc1cc(NCC2(C)CC2)ncn1. The maximum absolute atomic E-state index is 5.45. The molecule has 4 heteroatoms. The molecule has 0 unspecified atom stereocenters. The Labute approximate surface area is 96.4 Å². The van der Waals surface area contributed by atoms with Gasteiger partial charge in [-0.05, 0) is 24.7 Å². The molecule has 0 amide bonds. The van der Waals surface area contributed by atoms with Crippen molar-refractivity contribution in [2.75, 3.05) is 18.5 Å². The normalized spacial score (nSPS) is 16.9. The molecule has 16 heavy (non-hydrogen) atoms. The van der Waals surface area contributed by atoms with E-state index in [-0.39, 0.29) is 0 Å². The first-order chi connectivity index (χ1) is 7.72. The third kappa shape index (κ3) is 3.08. The molecular formula is C12H19N3O. The molecule has 0 bridgehead atoms. The van der Waals surface area contributed by atoms with E-state index in [1.807, 2.05) is 6.07 Å². The average Bonchev–Trinajstić information content (AvgIpc) is 3.03. The zero-order valence-corrected chi connectivity index (χ0v) is 9.99. The average molecular weight is 221 g/mol. The number of aromatic nitrogens is 2. The summed E-state index contributed by atoms with van der Waals surface area (Å²) in [7, 11) is 0. The quantitative estimate of drug-likeness (QED) is 0.801. The van der Waals surface area contributed by atoms with Crippen molar-refractivity contribution in [2.45, 2.75) is 33.1 Å². The number of nitrogens with one attached hydrogen (secondary N) is 1. The van der Waals surface area contributed by atoms with Crippen molar-refractivity contribution in [2.24, 2.45) is 5.41 Å². The standard InChI is InChI=1S/C12H19N3O/c1-3-6-16-11-7-10(14-9-15-11)13-8-12(2)4-5-12/h7,9H,3-6,8H2,1-2H3,(H,13,14,15). The molecule has 1 N–H and O–H groups in total. The Hall–Kier alpha value is -1.32.